The number of piperazine rings is 1. The minimum Gasteiger partial charge on any atom is -0.465 e. The molecule has 1 aromatic carbocycles. The van der Waals surface area contributed by atoms with E-state index in [1.807, 2.05) is 31.2 Å². The van der Waals surface area contributed by atoms with Gasteiger partial charge in [-0.2, -0.15) is 0 Å². The van der Waals surface area contributed by atoms with Crippen molar-refractivity contribution in [1.82, 2.24) is 15.1 Å². The van der Waals surface area contributed by atoms with Crippen LogP contribution in [0.4, 0.5) is 0 Å². The van der Waals surface area contributed by atoms with Crippen LogP contribution in [0.1, 0.15) is 24.1 Å². The van der Waals surface area contributed by atoms with Crippen molar-refractivity contribution in [3.8, 4) is 0 Å². The lowest BCUT2D eigenvalue weighted by Crippen LogP contribution is -2.56. The third kappa shape index (κ3) is 3.88. The van der Waals surface area contributed by atoms with Crippen LogP contribution in [0.15, 0.2) is 29.3 Å². The fraction of sp³-hybridized carbons (Fsp3) is 0.526. The smallest absolute Gasteiger partial charge is 0.321 e. The fourth-order valence-corrected chi connectivity index (χ4v) is 3.25. The number of aliphatic imine (C=N–C) groups is 1. The Morgan fingerprint density at radius 2 is 1.88 bits per heavy atom. The number of hydrogen-bond donors (Lipinski definition) is 1. The maximum absolute atomic E-state index is 12.7. The van der Waals surface area contributed by atoms with Gasteiger partial charge in [-0.1, -0.05) is 29.8 Å². The van der Waals surface area contributed by atoms with Gasteiger partial charge in [0.15, 0.2) is 5.92 Å². The first-order valence-corrected chi connectivity index (χ1v) is 9.05. The summed E-state index contributed by atoms with van der Waals surface area (Å²) in [5.41, 5.74) is 1.96. The van der Waals surface area contributed by atoms with Crippen molar-refractivity contribution < 1.29 is 14.3 Å². The first kappa shape index (κ1) is 18.4. The van der Waals surface area contributed by atoms with Crippen molar-refractivity contribution in [1.29, 1.82) is 0 Å². The van der Waals surface area contributed by atoms with Crippen LogP contribution >= 0.6 is 0 Å². The number of rotatable bonds is 3. The molecule has 7 heteroatoms. The zero-order valence-electron chi connectivity index (χ0n) is 15.6. The molecule has 0 saturated carbocycles. The summed E-state index contributed by atoms with van der Waals surface area (Å²) < 4.78 is 5.13. The zero-order chi connectivity index (χ0) is 18.7. The first-order chi connectivity index (χ1) is 12.5. The monoisotopic (exact) mass is 358 g/mol. The number of guanidine groups is 1. The number of carbonyl (C=O) groups excluding carboxylic acids is 2. The Morgan fingerprint density at radius 1 is 1.23 bits per heavy atom. The topological polar surface area (TPSA) is 74.2 Å². The van der Waals surface area contributed by atoms with Gasteiger partial charge in [-0.3, -0.25) is 14.9 Å². The van der Waals surface area contributed by atoms with Crippen molar-refractivity contribution in [2.75, 3.05) is 39.8 Å². The van der Waals surface area contributed by atoms with Crippen LogP contribution in [0.25, 0.3) is 0 Å². The molecule has 140 valence electrons. The van der Waals surface area contributed by atoms with Gasteiger partial charge in [-0.15, -0.1) is 0 Å². The van der Waals surface area contributed by atoms with E-state index in [1.54, 1.807) is 6.92 Å². The van der Waals surface area contributed by atoms with Crippen molar-refractivity contribution in [2.24, 2.45) is 10.9 Å². The molecule has 7 nitrogen and oxygen atoms in total. The highest BCUT2D eigenvalue weighted by atomic mass is 16.5. The Bertz CT molecular complexity index is 693. The molecule has 1 aromatic rings. The van der Waals surface area contributed by atoms with Gasteiger partial charge in [0.1, 0.15) is 6.04 Å². The summed E-state index contributed by atoms with van der Waals surface area (Å²) in [5, 5.41) is 2.82. The van der Waals surface area contributed by atoms with Crippen molar-refractivity contribution in [3.63, 3.8) is 0 Å². The van der Waals surface area contributed by atoms with Crippen LogP contribution in [0, 0.1) is 12.8 Å². The molecule has 0 radical (unpaired) electrons. The minimum absolute atomic E-state index is 0.234. The van der Waals surface area contributed by atoms with Crippen LogP contribution in [-0.2, 0) is 14.3 Å². The van der Waals surface area contributed by atoms with Crippen LogP contribution in [0.5, 0.6) is 0 Å². The Kier molecular flexibility index (Phi) is 5.56. The molecule has 2 aliphatic rings. The first-order valence-electron chi connectivity index (χ1n) is 9.05. The van der Waals surface area contributed by atoms with Gasteiger partial charge in [0.05, 0.1) is 6.61 Å². The van der Waals surface area contributed by atoms with Crippen LogP contribution in [0.2, 0.25) is 0 Å². The van der Waals surface area contributed by atoms with Gasteiger partial charge in [0.2, 0.25) is 11.9 Å². The molecule has 26 heavy (non-hydrogen) atoms. The van der Waals surface area contributed by atoms with E-state index in [0.29, 0.717) is 5.96 Å². The van der Waals surface area contributed by atoms with E-state index in [2.05, 4.69) is 22.2 Å². The second-order valence-corrected chi connectivity index (χ2v) is 6.82. The number of esters is 1. The lowest BCUT2D eigenvalue weighted by atomic mass is 9.91. The van der Waals surface area contributed by atoms with Gasteiger partial charge < -0.3 is 14.5 Å². The lowest BCUT2D eigenvalue weighted by molar-refractivity contribution is -0.153. The predicted molar refractivity (Wildman–Crippen MR) is 98.7 cm³/mol. The van der Waals surface area contributed by atoms with Crippen molar-refractivity contribution in [3.05, 3.63) is 35.4 Å². The molecule has 2 atom stereocenters. The Hall–Kier alpha value is -2.41. The van der Waals surface area contributed by atoms with E-state index in [1.165, 1.54) is 0 Å². The molecule has 3 rings (SSSR count). The highest BCUT2D eigenvalue weighted by Gasteiger charge is 2.42. The molecule has 0 aromatic heterocycles. The molecule has 2 aliphatic heterocycles. The van der Waals surface area contributed by atoms with E-state index >= 15 is 0 Å². The Balaban J connectivity index is 1.93. The second kappa shape index (κ2) is 7.86. The van der Waals surface area contributed by atoms with Crippen LogP contribution < -0.4 is 5.32 Å². The summed E-state index contributed by atoms with van der Waals surface area (Å²) in [4.78, 5) is 34.2. The van der Waals surface area contributed by atoms with Crippen molar-refractivity contribution in [2.45, 2.75) is 19.9 Å². The highest BCUT2D eigenvalue weighted by molar-refractivity contribution is 6.08. The number of nitrogens with zero attached hydrogens (tertiary/aromatic N) is 3. The number of hydrogen-bond acceptors (Lipinski definition) is 6. The predicted octanol–water partition coefficient (Wildman–Crippen LogP) is 0.949. The summed E-state index contributed by atoms with van der Waals surface area (Å²) >= 11 is 0. The number of carbonyl (C=O) groups is 2. The van der Waals surface area contributed by atoms with E-state index in [4.69, 9.17) is 9.73 Å². The molecular formula is C19H26N4O3. The number of aryl methyl sites for hydroxylation is 1. The molecular weight excluding hydrogens is 332 g/mol. The summed E-state index contributed by atoms with van der Waals surface area (Å²) in [7, 11) is 2.07. The van der Waals surface area contributed by atoms with Gasteiger partial charge >= 0.3 is 5.97 Å². The average Bonchev–Trinajstić information content (AvgIpc) is 2.62. The maximum Gasteiger partial charge on any atom is 0.321 e. The van der Waals surface area contributed by atoms with E-state index in [0.717, 1.165) is 37.3 Å². The largest absolute Gasteiger partial charge is 0.465 e. The average molecular weight is 358 g/mol. The van der Waals surface area contributed by atoms with Gasteiger partial charge in [-0.05, 0) is 26.5 Å². The standard InChI is InChI=1S/C19H26N4O3/c1-4-26-18(25)15-16(14-7-5-13(2)6-8-14)20-19(21-17(15)24)23-11-9-22(3)10-12-23/h5-8,15-16H,4,9-12H2,1-3H3,(H,20,21,24)/t15-,16-/m0/s1. The third-order valence-electron chi connectivity index (χ3n) is 4.86. The van der Waals surface area contributed by atoms with E-state index in [-0.39, 0.29) is 12.5 Å². The van der Waals surface area contributed by atoms with Crippen molar-refractivity contribution >= 4 is 17.8 Å². The maximum atomic E-state index is 12.7. The Morgan fingerprint density at radius 3 is 2.50 bits per heavy atom. The summed E-state index contributed by atoms with van der Waals surface area (Å²) in [6.07, 6.45) is 0. The van der Waals surface area contributed by atoms with Crippen LogP contribution in [-0.4, -0.2) is 67.5 Å². The minimum atomic E-state index is -0.964. The number of nitrogens with one attached hydrogen (secondary N) is 1. The number of likely N-dealkylation sites (N-methyl/N-ethyl adjacent to an activating group) is 1. The number of ether oxygens (including phenoxy) is 1. The normalized spacial score (nSPS) is 24.0. The van der Waals surface area contributed by atoms with E-state index in [9.17, 15) is 9.59 Å². The zero-order valence-corrected chi connectivity index (χ0v) is 15.6. The molecule has 0 aliphatic carbocycles. The summed E-state index contributed by atoms with van der Waals surface area (Å²) in [6.45, 7) is 7.37. The second-order valence-electron chi connectivity index (χ2n) is 6.82. The molecule has 1 saturated heterocycles. The molecule has 0 spiro atoms. The third-order valence-corrected chi connectivity index (χ3v) is 4.86. The quantitative estimate of drug-likeness (QED) is 0.643. The molecule has 2 heterocycles. The van der Waals surface area contributed by atoms with Gasteiger partial charge in [0, 0.05) is 26.2 Å². The lowest BCUT2D eigenvalue weighted by Gasteiger charge is -2.37. The molecule has 0 bridgehead atoms. The molecule has 0 unspecified atom stereocenters. The Labute approximate surface area is 154 Å². The highest BCUT2D eigenvalue weighted by Crippen LogP contribution is 2.31. The summed E-state index contributed by atoms with van der Waals surface area (Å²) in [6, 6.07) is 7.22. The number of amides is 1. The molecule has 1 fully saturated rings. The fourth-order valence-electron chi connectivity index (χ4n) is 3.25. The van der Waals surface area contributed by atoms with Gasteiger partial charge in [0.25, 0.3) is 0 Å². The number of benzene rings is 1. The SMILES string of the molecule is CCOC(=O)[C@@H]1C(=O)NC(N2CCN(C)CC2)=N[C@H]1c1ccc(C)cc1. The molecule has 1 N–H and O–H groups in total. The van der Waals surface area contributed by atoms with E-state index < -0.39 is 17.9 Å². The van der Waals surface area contributed by atoms with Crippen LogP contribution in [0.3, 0.4) is 0 Å². The van der Waals surface area contributed by atoms with Gasteiger partial charge in [-0.25, -0.2) is 4.99 Å². The summed E-state index contributed by atoms with van der Waals surface area (Å²) in [5.74, 6) is -1.29. The molecule has 1 amide bonds.